The summed E-state index contributed by atoms with van der Waals surface area (Å²) >= 11 is 12.2. The maximum Gasteiger partial charge on any atom is 0.392 e. The van der Waals surface area contributed by atoms with Crippen LogP contribution in [-0.2, 0) is 11.2 Å². The molecule has 0 radical (unpaired) electrons. The zero-order valence-electron chi connectivity index (χ0n) is 17.7. The third kappa shape index (κ3) is 6.42. The van der Waals surface area contributed by atoms with Crippen LogP contribution in [0.3, 0.4) is 0 Å². The predicted octanol–water partition coefficient (Wildman–Crippen LogP) is 7.68. The summed E-state index contributed by atoms with van der Waals surface area (Å²) in [5.41, 5.74) is 3.04. The van der Waals surface area contributed by atoms with Crippen LogP contribution in [0.15, 0.2) is 66.7 Å². The molecular weight excluding hydrogens is 474 g/mol. The number of anilines is 1. The molecule has 0 heterocycles. The number of carbonyl (C=O) groups is 1. The van der Waals surface area contributed by atoms with Gasteiger partial charge in [0.25, 0.3) is 0 Å². The first kappa shape index (κ1) is 24.9. The van der Waals surface area contributed by atoms with E-state index in [4.69, 9.17) is 23.2 Å². The molecule has 0 bridgehead atoms. The van der Waals surface area contributed by atoms with Crippen molar-refractivity contribution in [3.63, 3.8) is 0 Å². The number of rotatable bonds is 8. The van der Waals surface area contributed by atoms with Crippen LogP contribution in [0.1, 0.15) is 24.0 Å². The van der Waals surface area contributed by atoms with Gasteiger partial charge in [-0.3, -0.25) is 4.79 Å². The molecule has 0 fully saturated rings. The van der Waals surface area contributed by atoms with E-state index in [1.165, 1.54) is 0 Å². The van der Waals surface area contributed by atoms with Crippen molar-refractivity contribution < 1.29 is 23.1 Å². The van der Waals surface area contributed by atoms with Gasteiger partial charge in [-0.1, -0.05) is 72.6 Å². The van der Waals surface area contributed by atoms with Crippen LogP contribution in [0.5, 0.6) is 0 Å². The summed E-state index contributed by atoms with van der Waals surface area (Å²) in [4.78, 5) is 11.2. The summed E-state index contributed by atoms with van der Waals surface area (Å²) in [5.74, 6) is -3.44. The van der Waals surface area contributed by atoms with Crippen molar-refractivity contribution in [2.24, 2.45) is 5.92 Å². The van der Waals surface area contributed by atoms with Crippen molar-refractivity contribution in [3.05, 3.63) is 87.9 Å². The highest BCUT2D eigenvalue weighted by Gasteiger charge is 2.41. The van der Waals surface area contributed by atoms with Crippen LogP contribution in [0, 0.1) is 5.92 Å². The highest BCUT2D eigenvalue weighted by molar-refractivity contribution is 6.33. The Morgan fingerprint density at radius 2 is 1.70 bits per heavy atom. The second-order valence-corrected chi connectivity index (χ2v) is 8.64. The van der Waals surface area contributed by atoms with Crippen molar-refractivity contribution in [3.8, 4) is 11.1 Å². The van der Waals surface area contributed by atoms with E-state index in [2.05, 4.69) is 5.32 Å². The molecule has 33 heavy (non-hydrogen) atoms. The van der Waals surface area contributed by atoms with Gasteiger partial charge in [-0.05, 0) is 46.5 Å². The van der Waals surface area contributed by atoms with Crippen LogP contribution >= 0.6 is 23.2 Å². The molecular formula is C25H22Cl2F3NO2. The fraction of sp³-hybridized carbons (Fsp3) is 0.240. The molecule has 3 aromatic carbocycles. The fourth-order valence-corrected chi connectivity index (χ4v) is 4.00. The van der Waals surface area contributed by atoms with Gasteiger partial charge in [0, 0.05) is 17.5 Å². The van der Waals surface area contributed by atoms with Gasteiger partial charge in [-0.25, -0.2) is 0 Å². The highest BCUT2D eigenvalue weighted by atomic mass is 35.5. The summed E-state index contributed by atoms with van der Waals surface area (Å²) in [7, 11) is 0. The molecule has 2 atom stereocenters. The number of aliphatic carboxylic acids is 1. The molecule has 3 aromatic rings. The van der Waals surface area contributed by atoms with Crippen LogP contribution in [0.4, 0.5) is 18.9 Å². The SMILES string of the molecule is C[C@H]([C@H](CNc1cc(-c2ccccc2CC(=O)O)ccc1Cl)c1ccc(Cl)cc1)C(F)(F)F. The predicted molar refractivity (Wildman–Crippen MR) is 126 cm³/mol. The third-order valence-corrected chi connectivity index (χ3v) is 6.15. The van der Waals surface area contributed by atoms with Crippen molar-refractivity contribution in [1.29, 1.82) is 0 Å². The van der Waals surface area contributed by atoms with Crippen LogP contribution in [0.2, 0.25) is 10.0 Å². The Bertz CT molecular complexity index is 1120. The molecule has 0 spiro atoms. The Morgan fingerprint density at radius 3 is 2.33 bits per heavy atom. The normalized spacial score (nSPS) is 13.4. The van der Waals surface area contributed by atoms with Gasteiger partial charge in [0.05, 0.1) is 23.0 Å². The van der Waals surface area contributed by atoms with Gasteiger partial charge in [0.1, 0.15) is 0 Å². The van der Waals surface area contributed by atoms with E-state index >= 15 is 0 Å². The molecule has 3 rings (SSSR count). The topological polar surface area (TPSA) is 49.3 Å². The van der Waals surface area contributed by atoms with Crippen molar-refractivity contribution in [2.45, 2.75) is 25.4 Å². The summed E-state index contributed by atoms with van der Waals surface area (Å²) in [6.07, 6.45) is -4.53. The van der Waals surface area contributed by atoms with E-state index < -0.39 is 24.0 Å². The lowest BCUT2D eigenvalue weighted by molar-refractivity contribution is -0.174. The van der Waals surface area contributed by atoms with E-state index in [1.807, 2.05) is 0 Å². The molecule has 0 amide bonds. The van der Waals surface area contributed by atoms with Crippen molar-refractivity contribution in [2.75, 3.05) is 11.9 Å². The van der Waals surface area contributed by atoms with Crippen LogP contribution in [0.25, 0.3) is 11.1 Å². The molecule has 0 unspecified atom stereocenters. The fourth-order valence-electron chi connectivity index (χ4n) is 3.69. The minimum absolute atomic E-state index is 0.0117. The second kappa shape index (κ2) is 10.5. The van der Waals surface area contributed by atoms with Gasteiger partial charge in [0.15, 0.2) is 0 Å². The maximum absolute atomic E-state index is 13.6. The summed E-state index contributed by atoms with van der Waals surface area (Å²) < 4.78 is 40.7. The third-order valence-electron chi connectivity index (χ3n) is 5.57. The Morgan fingerprint density at radius 1 is 1.03 bits per heavy atom. The molecule has 8 heteroatoms. The second-order valence-electron chi connectivity index (χ2n) is 7.79. The number of nitrogens with one attached hydrogen (secondary N) is 1. The molecule has 174 valence electrons. The van der Waals surface area contributed by atoms with E-state index in [9.17, 15) is 23.1 Å². The van der Waals surface area contributed by atoms with Gasteiger partial charge in [-0.15, -0.1) is 0 Å². The maximum atomic E-state index is 13.6. The van der Waals surface area contributed by atoms with Gasteiger partial charge >= 0.3 is 12.1 Å². The first-order valence-corrected chi connectivity index (χ1v) is 11.0. The first-order chi connectivity index (χ1) is 15.6. The number of hydrogen-bond acceptors (Lipinski definition) is 2. The minimum atomic E-state index is -4.38. The van der Waals surface area contributed by atoms with E-state index in [0.29, 0.717) is 32.4 Å². The van der Waals surface area contributed by atoms with Gasteiger partial charge in [0.2, 0.25) is 0 Å². The average molecular weight is 496 g/mol. The van der Waals surface area contributed by atoms with Gasteiger partial charge < -0.3 is 10.4 Å². The standard InChI is InChI=1S/C25H22Cl2F3NO2/c1-15(25(28,29)30)21(16-6-9-19(26)10-7-16)14-31-23-12-18(8-11-22(23)27)20-5-3-2-4-17(20)13-24(32)33/h2-12,15,21,31H,13-14H2,1H3,(H,32,33)/t15-,21+/m1/s1. The Kier molecular flexibility index (Phi) is 7.92. The molecule has 0 aliphatic rings. The van der Waals surface area contributed by atoms with Gasteiger partial charge in [-0.2, -0.15) is 13.2 Å². The van der Waals surface area contributed by atoms with E-state index in [-0.39, 0.29) is 13.0 Å². The molecule has 0 aliphatic carbocycles. The molecule has 0 saturated heterocycles. The zero-order valence-corrected chi connectivity index (χ0v) is 19.2. The molecule has 0 aliphatic heterocycles. The lowest BCUT2D eigenvalue weighted by Crippen LogP contribution is -2.30. The zero-order chi connectivity index (χ0) is 24.2. The number of carboxylic acids is 1. The van der Waals surface area contributed by atoms with Crippen LogP contribution < -0.4 is 5.32 Å². The molecule has 3 nitrogen and oxygen atoms in total. The number of benzene rings is 3. The van der Waals surface area contributed by atoms with E-state index in [0.717, 1.165) is 12.5 Å². The lowest BCUT2D eigenvalue weighted by Gasteiger charge is -2.27. The number of carboxylic acid groups (broad SMARTS) is 1. The first-order valence-electron chi connectivity index (χ1n) is 10.2. The smallest absolute Gasteiger partial charge is 0.392 e. The summed E-state index contributed by atoms with van der Waals surface area (Å²) in [6, 6.07) is 18.5. The monoisotopic (exact) mass is 495 g/mol. The van der Waals surface area contributed by atoms with Crippen molar-refractivity contribution in [1.82, 2.24) is 0 Å². The average Bonchev–Trinajstić information content (AvgIpc) is 2.75. The number of hydrogen-bond donors (Lipinski definition) is 2. The Hall–Kier alpha value is -2.70. The molecule has 0 saturated carbocycles. The lowest BCUT2D eigenvalue weighted by atomic mass is 9.86. The quantitative estimate of drug-likeness (QED) is 0.336. The number of halogens is 5. The van der Waals surface area contributed by atoms with Crippen molar-refractivity contribution >= 4 is 34.9 Å². The number of alkyl halides is 3. The molecule has 2 N–H and O–H groups in total. The summed E-state index contributed by atoms with van der Waals surface area (Å²) in [5, 5.41) is 13.1. The Balaban J connectivity index is 1.91. The minimum Gasteiger partial charge on any atom is -0.481 e. The van der Waals surface area contributed by atoms with Crippen LogP contribution in [-0.4, -0.2) is 23.8 Å². The highest BCUT2D eigenvalue weighted by Crippen LogP contribution is 2.39. The molecule has 0 aromatic heterocycles. The largest absolute Gasteiger partial charge is 0.481 e. The van der Waals surface area contributed by atoms with E-state index in [1.54, 1.807) is 66.7 Å². The Labute approximate surface area is 200 Å². The summed E-state index contributed by atoms with van der Waals surface area (Å²) in [6.45, 7) is 1.14.